The van der Waals surface area contributed by atoms with Crippen LogP contribution in [0.4, 0.5) is 4.39 Å². The van der Waals surface area contributed by atoms with Gasteiger partial charge in [0.05, 0.1) is 12.7 Å². The molecule has 0 N–H and O–H groups in total. The highest BCUT2D eigenvalue weighted by Gasteiger charge is 2.13. The second-order valence-corrected chi connectivity index (χ2v) is 4.12. The van der Waals surface area contributed by atoms with Crippen molar-refractivity contribution in [2.24, 2.45) is 0 Å². The Bertz CT molecular complexity index is 579. The van der Waals surface area contributed by atoms with E-state index >= 15 is 0 Å². The van der Waals surface area contributed by atoms with Gasteiger partial charge in [-0.2, -0.15) is 0 Å². The Balaban J connectivity index is 2.56. The van der Waals surface area contributed by atoms with Crippen LogP contribution in [0, 0.1) is 5.82 Å². The van der Waals surface area contributed by atoms with E-state index in [-0.39, 0.29) is 5.82 Å². The molecule has 2 aromatic carbocycles. The number of carbonyl (C=O) groups is 1. The van der Waals surface area contributed by atoms with Crippen LogP contribution in [0.25, 0.3) is 11.1 Å². The molecule has 2 rings (SSSR count). The molecule has 0 aliphatic carbocycles. The first-order valence-electron chi connectivity index (χ1n) is 5.25. The van der Waals surface area contributed by atoms with E-state index in [2.05, 4.69) is 0 Å². The summed E-state index contributed by atoms with van der Waals surface area (Å²) in [5.41, 5.74) is 1.75. The molecule has 0 fully saturated rings. The molecule has 92 valence electrons. The number of halogens is 2. The van der Waals surface area contributed by atoms with E-state index in [0.717, 1.165) is 5.56 Å². The molecule has 0 amide bonds. The van der Waals surface area contributed by atoms with Crippen LogP contribution in [0.5, 0.6) is 0 Å². The van der Waals surface area contributed by atoms with Crippen molar-refractivity contribution < 1.29 is 13.9 Å². The Morgan fingerprint density at radius 2 is 1.83 bits per heavy atom. The third-order valence-electron chi connectivity index (χ3n) is 2.54. The van der Waals surface area contributed by atoms with Crippen molar-refractivity contribution in [2.45, 2.75) is 0 Å². The predicted octanol–water partition coefficient (Wildman–Crippen LogP) is 3.93. The summed E-state index contributed by atoms with van der Waals surface area (Å²) in [6, 6.07) is 10.8. The number of hydrogen-bond acceptors (Lipinski definition) is 2. The fourth-order valence-corrected chi connectivity index (χ4v) is 1.85. The first-order valence-corrected chi connectivity index (χ1v) is 5.63. The Morgan fingerprint density at radius 1 is 1.17 bits per heavy atom. The van der Waals surface area contributed by atoms with E-state index in [9.17, 15) is 9.18 Å². The van der Waals surface area contributed by atoms with Crippen molar-refractivity contribution in [3.8, 4) is 11.1 Å². The molecule has 0 bridgehead atoms. The molecule has 0 radical (unpaired) electrons. The van der Waals surface area contributed by atoms with Crippen LogP contribution in [0.3, 0.4) is 0 Å². The molecule has 0 saturated heterocycles. The molecule has 0 unspecified atom stereocenters. The number of carbonyl (C=O) groups excluding carboxylic acids is 1. The molecular formula is C14H10ClFO2. The van der Waals surface area contributed by atoms with Crippen LogP contribution < -0.4 is 0 Å². The largest absolute Gasteiger partial charge is 0.465 e. The van der Waals surface area contributed by atoms with Gasteiger partial charge in [-0.15, -0.1) is 0 Å². The topological polar surface area (TPSA) is 26.3 Å². The molecule has 2 aromatic rings. The highest BCUT2D eigenvalue weighted by Crippen LogP contribution is 2.27. The van der Waals surface area contributed by atoms with E-state index in [4.69, 9.17) is 16.3 Å². The van der Waals surface area contributed by atoms with Gasteiger partial charge in [0.15, 0.2) is 0 Å². The molecule has 0 heterocycles. The number of hydrogen-bond donors (Lipinski definition) is 0. The van der Waals surface area contributed by atoms with Gasteiger partial charge in [-0.05, 0) is 35.4 Å². The van der Waals surface area contributed by atoms with Gasteiger partial charge in [0.25, 0.3) is 0 Å². The van der Waals surface area contributed by atoms with Crippen molar-refractivity contribution in [1.82, 2.24) is 0 Å². The fraction of sp³-hybridized carbons (Fsp3) is 0.0714. The zero-order chi connectivity index (χ0) is 13.1. The van der Waals surface area contributed by atoms with Crippen LogP contribution in [-0.2, 0) is 4.74 Å². The quantitative estimate of drug-likeness (QED) is 0.768. The maximum absolute atomic E-state index is 12.9. The second kappa shape index (κ2) is 5.19. The van der Waals surface area contributed by atoms with Gasteiger partial charge < -0.3 is 4.74 Å². The summed E-state index contributed by atoms with van der Waals surface area (Å²) in [7, 11) is 1.30. The van der Waals surface area contributed by atoms with E-state index in [1.54, 1.807) is 24.3 Å². The number of ether oxygens (including phenoxy) is 1. The van der Waals surface area contributed by atoms with Crippen molar-refractivity contribution in [3.05, 3.63) is 58.9 Å². The van der Waals surface area contributed by atoms with E-state index < -0.39 is 5.97 Å². The summed E-state index contributed by atoms with van der Waals surface area (Å²) >= 11 is 5.86. The molecule has 0 spiro atoms. The molecule has 0 aromatic heterocycles. The van der Waals surface area contributed by atoms with Gasteiger partial charge in [-0.1, -0.05) is 29.8 Å². The van der Waals surface area contributed by atoms with E-state index in [0.29, 0.717) is 16.1 Å². The highest BCUT2D eigenvalue weighted by molar-refractivity contribution is 6.31. The average molecular weight is 265 g/mol. The third-order valence-corrected chi connectivity index (χ3v) is 2.78. The first-order chi connectivity index (χ1) is 8.61. The normalized spacial score (nSPS) is 10.2. The van der Waals surface area contributed by atoms with Crippen molar-refractivity contribution in [3.63, 3.8) is 0 Å². The minimum Gasteiger partial charge on any atom is -0.465 e. The molecule has 0 aliphatic heterocycles. The summed E-state index contributed by atoms with van der Waals surface area (Å²) in [5.74, 6) is -0.802. The van der Waals surface area contributed by atoms with Gasteiger partial charge in [-0.3, -0.25) is 0 Å². The predicted molar refractivity (Wildman–Crippen MR) is 68.2 cm³/mol. The average Bonchev–Trinajstić information content (AvgIpc) is 2.39. The van der Waals surface area contributed by atoms with Gasteiger partial charge in [0.2, 0.25) is 0 Å². The minimum atomic E-state index is -0.475. The van der Waals surface area contributed by atoms with E-state index in [1.807, 2.05) is 0 Å². The number of methoxy groups -OCH3 is 1. The minimum absolute atomic E-state index is 0.327. The zero-order valence-electron chi connectivity index (χ0n) is 9.61. The van der Waals surface area contributed by atoms with Gasteiger partial charge >= 0.3 is 5.97 Å². The lowest BCUT2D eigenvalue weighted by Gasteiger charge is -2.08. The third kappa shape index (κ3) is 2.51. The number of esters is 1. The van der Waals surface area contributed by atoms with Gasteiger partial charge in [-0.25, -0.2) is 9.18 Å². The smallest absolute Gasteiger partial charge is 0.338 e. The second-order valence-electron chi connectivity index (χ2n) is 3.69. The van der Waals surface area contributed by atoms with E-state index in [1.165, 1.54) is 25.3 Å². The van der Waals surface area contributed by atoms with Gasteiger partial charge in [0, 0.05) is 5.02 Å². The summed E-state index contributed by atoms with van der Waals surface area (Å²) in [4.78, 5) is 11.7. The SMILES string of the molecule is COC(=O)c1cc(Cl)ccc1-c1ccc(F)cc1. The van der Waals surface area contributed by atoms with Crippen molar-refractivity contribution in [1.29, 1.82) is 0 Å². The number of rotatable bonds is 2. The Morgan fingerprint density at radius 3 is 2.44 bits per heavy atom. The Labute approximate surface area is 109 Å². The molecule has 4 heteroatoms. The monoisotopic (exact) mass is 264 g/mol. The molecular weight excluding hydrogens is 255 g/mol. The Kier molecular flexibility index (Phi) is 3.63. The molecule has 18 heavy (non-hydrogen) atoms. The van der Waals surface area contributed by atoms with Crippen molar-refractivity contribution >= 4 is 17.6 Å². The van der Waals surface area contributed by atoms with Crippen LogP contribution in [0.15, 0.2) is 42.5 Å². The summed E-state index contributed by atoms with van der Waals surface area (Å²) in [6.07, 6.45) is 0. The van der Waals surface area contributed by atoms with Crippen molar-refractivity contribution in [2.75, 3.05) is 7.11 Å². The fourth-order valence-electron chi connectivity index (χ4n) is 1.68. The summed E-state index contributed by atoms with van der Waals surface area (Å²) in [5, 5.41) is 0.446. The Hall–Kier alpha value is -1.87. The van der Waals surface area contributed by atoms with Crippen LogP contribution in [-0.4, -0.2) is 13.1 Å². The first kappa shape index (κ1) is 12.6. The summed E-state index contributed by atoms with van der Waals surface area (Å²) < 4.78 is 17.6. The van der Waals surface area contributed by atoms with Crippen LogP contribution in [0.1, 0.15) is 10.4 Å². The lowest BCUT2D eigenvalue weighted by Crippen LogP contribution is -2.03. The standard InChI is InChI=1S/C14H10ClFO2/c1-18-14(17)13-8-10(15)4-7-12(13)9-2-5-11(16)6-3-9/h2-8H,1H3. The molecule has 0 atom stereocenters. The molecule has 0 aliphatic rings. The lowest BCUT2D eigenvalue weighted by molar-refractivity contribution is 0.0601. The van der Waals surface area contributed by atoms with Crippen LogP contribution in [0.2, 0.25) is 5.02 Å². The molecule has 0 saturated carbocycles. The number of benzene rings is 2. The lowest BCUT2D eigenvalue weighted by atomic mass is 10.00. The summed E-state index contributed by atoms with van der Waals surface area (Å²) in [6.45, 7) is 0. The zero-order valence-corrected chi connectivity index (χ0v) is 10.4. The van der Waals surface area contributed by atoms with Gasteiger partial charge in [0.1, 0.15) is 5.82 Å². The van der Waals surface area contributed by atoms with Crippen LogP contribution >= 0.6 is 11.6 Å². The molecule has 2 nitrogen and oxygen atoms in total. The maximum Gasteiger partial charge on any atom is 0.338 e. The highest BCUT2D eigenvalue weighted by atomic mass is 35.5. The maximum atomic E-state index is 12.9.